The van der Waals surface area contributed by atoms with Gasteiger partial charge in [-0.3, -0.25) is 4.79 Å². The molecule has 0 aromatic carbocycles. The smallest absolute Gasteiger partial charge is 0.320 e. The maximum atomic E-state index is 10.1. The summed E-state index contributed by atoms with van der Waals surface area (Å²) in [6.07, 6.45) is 11.0. The van der Waals surface area contributed by atoms with Crippen molar-refractivity contribution in [1.82, 2.24) is 4.57 Å². The van der Waals surface area contributed by atoms with Crippen LogP contribution in [0.4, 0.5) is 0 Å². The first-order chi connectivity index (χ1) is 9.51. The monoisotopic (exact) mass is 285 g/mol. The summed E-state index contributed by atoms with van der Waals surface area (Å²) in [7, 11) is 2.04. The number of imidazole rings is 1. The molecule has 116 valence electrons. The maximum absolute atomic E-state index is 10.1. The first-order valence-electron chi connectivity index (χ1n) is 7.20. The van der Waals surface area contributed by atoms with Crippen LogP contribution >= 0.6 is 0 Å². The van der Waals surface area contributed by atoms with E-state index >= 15 is 0 Å². The van der Waals surface area contributed by atoms with Gasteiger partial charge in [-0.1, -0.05) is 19.8 Å². The number of aliphatic carboxylic acids is 1. The average molecular weight is 285 g/mol. The second-order valence-electron chi connectivity index (χ2n) is 4.90. The highest BCUT2D eigenvalue weighted by atomic mass is 16.4. The van der Waals surface area contributed by atoms with Crippen LogP contribution < -0.4 is 16.0 Å². The Labute approximate surface area is 121 Å². The van der Waals surface area contributed by atoms with Gasteiger partial charge in [0.05, 0.1) is 13.6 Å². The number of rotatable bonds is 8. The third-order valence-electron chi connectivity index (χ3n) is 2.88. The van der Waals surface area contributed by atoms with E-state index in [1.807, 2.05) is 7.05 Å². The lowest BCUT2D eigenvalue weighted by Crippen LogP contribution is -2.29. The summed E-state index contributed by atoms with van der Waals surface area (Å²) in [6, 6.07) is -0.716. The standard InChI is InChI=1S/C8H15N2.C6H14N2O2/c1-3-4-5-10-7-6-9(2)8-10;7-4-2-1-3-5(8)6(9)10/h6-8H,3-5H2,1-2H3;5H,1-4,7-8H2,(H,9,10)/q+1;. The number of carboxylic acids is 1. The van der Waals surface area contributed by atoms with E-state index in [2.05, 4.69) is 34.8 Å². The van der Waals surface area contributed by atoms with E-state index in [0.29, 0.717) is 13.0 Å². The Hall–Kier alpha value is -1.40. The summed E-state index contributed by atoms with van der Waals surface area (Å²) in [5.74, 6) is -0.933. The van der Waals surface area contributed by atoms with E-state index in [1.54, 1.807) is 0 Å². The van der Waals surface area contributed by atoms with Gasteiger partial charge in [0.2, 0.25) is 6.33 Å². The predicted octanol–water partition coefficient (Wildman–Crippen LogP) is 0.640. The molecule has 0 aliphatic carbocycles. The topological polar surface area (TPSA) is 98.1 Å². The minimum absolute atomic E-state index is 0.520. The molecule has 0 spiro atoms. The van der Waals surface area contributed by atoms with Crippen molar-refractivity contribution in [2.45, 2.75) is 51.6 Å². The first kappa shape index (κ1) is 18.6. The molecule has 1 heterocycles. The third-order valence-corrected chi connectivity index (χ3v) is 2.88. The predicted molar refractivity (Wildman–Crippen MR) is 79.0 cm³/mol. The van der Waals surface area contributed by atoms with E-state index in [1.165, 1.54) is 12.8 Å². The van der Waals surface area contributed by atoms with Gasteiger partial charge in [0.15, 0.2) is 0 Å². The van der Waals surface area contributed by atoms with Gasteiger partial charge in [0.1, 0.15) is 18.4 Å². The van der Waals surface area contributed by atoms with Crippen LogP contribution in [0.25, 0.3) is 0 Å². The Kier molecular flexibility index (Phi) is 10.6. The zero-order valence-corrected chi connectivity index (χ0v) is 12.7. The Morgan fingerprint density at radius 1 is 1.40 bits per heavy atom. The fourth-order valence-corrected chi connectivity index (χ4v) is 1.61. The molecule has 1 aromatic heterocycles. The molecule has 0 fully saturated rings. The van der Waals surface area contributed by atoms with E-state index in [0.717, 1.165) is 19.4 Å². The number of aromatic nitrogens is 2. The quantitative estimate of drug-likeness (QED) is 0.482. The summed E-state index contributed by atoms with van der Waals surface area (Å²) in [6.45, 7) is 3.97. The van der Waals surface area contributed by atoms with E-state index in [-0.39, 0.29) is 0 Å². The van der Waals surface area contributed by atoms with E-state index < -0.39 is 12.0 Å². The Balaban J connectivity index is 0.000000361. The normalized spacial score (nSPS) is 11.6. The summed E-state index contributed by atoms with van der Waals surface area (Å²) >= 11 is 0. The molecule has 0 radical (unpaired) electrons. The number of nitrogens with two attached hydrogens (primary N) is 2. The SMILES string of the molecule is CCCCn1cc[n+](C)c1.NCCCCC(N)C(=O)O. The highest BCUT2D eigenvalue weighted by Gasteiger charge is 2.09. The molecule has 1 rings (SSSR count). The van der Waals surface area contributed by atoms with Gasteiger partial charge in [-0.15, -0.1) is 0 Å². The van der Waals surface area contributed by atoms with Crippen LogP contribution in [0.5, 0.6) is 0 Å². The molecule has 0 bridgehead atoms. The van der Waals surface area contributed by atoms with Gasteiger partial charge in [-0.25, -0.2) is 9.13 Å². The van der Waals surface area contributed by atoms with Crippen LogP contribution in [-0.4, -0.2) is 28.2 Å². The maximum Gasteiger partial charge on any atom is 0.320 e. The van der Waals surface area contributed by atoms with Crippen molar-refractivity contribution >= 4 is 5.97 Å². The zero-order valence-electron chi connectivity index (χ0n) is 12.7. The summed E-state index contributed by atoms with van der Waals surface area (Å²) in [5.41, 5.74) is 10.4. The minimum atomic E-state index is -0.933. The fraction of sp³-hybridized carbons (Fsp3) is 0.714. The summed E-state index contributed by atoms with van der Waals surface area (Å²) in [4.78, 5) is 10.1. The van der Waals surface area contributed by atoms with Crippen LogP contribution in [0.3, 0.4) is 0 Å². The molecule has 1 unspecified atom stereocenters. The Morgan fingerprint density at radius 3 is 2.55 bits per heavy atom. The van der Waals surface area contributed by atoms with Gasteiger partial charge in [0.25, 0.3) is 0 Å². The van der Waals surface area contributed by atoms with Crippen molar-refractivity contribution < 1.29 is 14.5 Å². The van der Waals surface area contributed by atoms with Gasteiger partial charge < -0.3 is 16.6 Å². The molecule has 1 aromatic rings. The van der Waals surface area contributed by atoms with Crippen LogP contribution in [0, 0.1) is 0 Å². The van der Waals surface area contributed by atoms with Crippen LogP contribution in [0.2, 0.25) is 0 Å². The van der Waals surface area contributed by atoms with Crippen molar-refractivity contribution in [3.63, 3.8) is 0 Å². The number of hydrogen-bond donors (Lipinski definition) is 3. The van der Waals surface area contributed by atoms with Gasteiger partial charge >= 0.3 is 5.97 Å². The van der Waals surface area contributed by atoms with Crippen molar-refractivity contribution in [3.8, 4) is 0 Å². The molecule has 20 heavy (non-hydrogen) atoms. The molecule has 0 aliphatic heterocycles. The van der Waals surface area contributed by atoms with Crippen LogP contribution in [0.15, 0.2) is 18.7 Å². The molecule has 6 nitrogen and oxygen atoms in total. The number of hydrogen-bond acceptors (Lipinski definition) is 3. The number of carboxylic acid groups (broad SMARTS) is 1. The first-order valence-corrected chi connectivity index (χ1v) is 7.20. The highest BCUT2D eigenvalue weighted by Crippen LogP contribution is 1.97. The Bertz CT molecular complexity index is 366. The lowest BCUT2D eigenvalue weighted by Gasteiger charge is -2.03. The molecular formula is C14H29N4O2+. The number of unbranched alkanes of at least 4 members (excludes halogenated alkanes) is 2. The van der Waals surface area contributed by atoms with Crippen molar-refractivity contribution in [2.24, 2.45) is 18.5 Å². The minimum Gasteiger partial charge on any atom is -0.480 e. The second-order valence-corrected chi connectivity index (χ2v) is 4.90. The largest absolute Gasteiger partial charge is 0.480 e. The molecule has 0 saturated heterocycles. The van der Waals surface area contributed by atoms with Crippen molar-refractivity contribution in [2.75, 3.05) is 6.54 Å². The number of nitrogens with zero attached hydrogens (tertiary/aromatic N) is 2. The second kappa shape index (κ2) is 11.4. The van der Waals surface area contributed by atoms with Crippen LogP contribution in [-0.2, 0) is 18.4 Å². The number of aryl methyl sites for hydroxylation is 2. The van der Waals surface area contributed by atoms with Gasteiger partial charge in [-0.05, 0) is 25.8 Å². The molecule has 0 saturated carbocycles. The van der Waals surface area contributed by atoms with E-state index in [9.17, 15) is 4.79 Å². The lowest BCUT2D eigenvalue weighted by molar-refractivity contribution is -0.671. The number of carbonyl (C=O) groups is 1. The van der Waals surface area contributed by atoms with Gasteiger partial charge in [0, 0.05) is 0 Å². The molecule has 1 atom stereocenters. The van der Waals surface area contributed by atoms with E-state index in [4.69, 9.17) is 16.6 Å². The highest BCUT2D eigenvalue weighted by molar-refractivity contribution is 5.72. The third kappa shape index (κ3) is 9.52. The zero-order chi connectivity index (χ0) is 15.4. The van der Waals surface area contributed by atoms with Crippen molar-refractivity contribution in [1.29, 1.82) is 0 Å². The molecular weight excluding hydrogens is 256 g/mol. The molecule has 0 amide bonds. The Morgan fingerprint density at radius 2 is 2.10 bits per heavy atom. The summed E-state index contributed by atoms with van der Waals surface area (Å²) in [5, 5.41) is 8.33. The van der Waals surface area contributed by atoms with Crippen LogP contribution in [0.1, 0.15) is 39.0 Å². The fourth-order valence-electron chi connectivity index (χ4n) is 1.61. The molecule has 6 heteroatoms. The molecule has 5 N–H and O–H groups in total. The van der Waals surface area contributed by atoms with Gasteiger partial charge in [-0.2, -0.15) is 0 Å². The average Bonchev–Trinajstić information content (AvgIpc) is 2.83. The lowest BCUT2D eigenvalue weighted by atomic mass is 10.1. The molecule has 0 aliphatic rings. The van der Waals surface area contributed by atoms with Crippen molar-refractivity contribution in [3.05, 3.63) is 18.7 Å². The summed E-state index contributed by atoms with van der Waals surface area (Å²) < 4.78 is 4.28.